The molecule has 1 heterocycles. The molecule has 0 bridgehead atoms. The number of carbonyl (C=O) groups excluding carboxylic acids is 1. The molecule has 0 radical (unpaired) electrons. The Balaban J connectivity index is 1.74. The summed E-state index contributed by atoms with van der Waals surface area (Å²) in [4.78, 5) is 12.1. The minimum absolute atomic E-state index is 0.0334. The molecule has 0 saturated heterocycles. The van der Waals surface area contributed by atoms with Crippen molar-refractivity contribution in [3.8, 4) is 17.2 Å². The summed E-state index contributed by atoms with van der Waals surface area (Å²) in [5.41, 5.74) is 2.35. The standard InChI is InChI=1S/C19H17ClN2O3/c1-3-16(23)15-10-12(2)4-9-17(15)24-11-18-21-22-19(25-18)13-5-7-14(20)8-6-13/h4-10H,3,11H2,1-2H3. The molecule has 1 aromatic heterocycles. The second-order valence-electron chi connectivity index (χ2n) is 5.57. The Morgan fingerprint density at radius 2 is 1.92 bits per heavy atom. The van der Waals surface area contributed by atoms with Gasteiger partial charge in [0, 0.05) is 17.0 Å². The van der Waals surface area contributed by atoms with Crippen LogP contribution in [0.4, 0.5) is 0 Å². The van der Waals surface area contributed by atoms with Crippen molar-refractivity contribution < 1.29 is 13.9 Å². The van der Waals surface area contributed by atoms with Gasteiger partial charge in [-0.05, 0) is 43.3 Å². The molecule has 0 amide bonds. The summed E-state index contributed by atoms with van der Waals surface area (Å²) in [6.07, 6.45) is 0.418. The lowest BCUT2D eigenvalue weighted by atomic mass is 10.1. The third-order valence-electron chi connectivity index (χ3n) is 3.67. The number of carbonyl (C=O) groups is 1. The number of aromatic nitrogens is 2. The van der Waals surface area contributed by atoms with Crippen LogP contribution in [0.25, 0.3) is 11.5 Å². The number of Topliss-reactive ketones (excluding diaryl/α,β-unsaturated/α-hetero) is 1. The fourth-order valence-corrected chi connectivity index (χ4v) is 2.46. The lowest BCUT2D eigenvalue weighted by Crippen LogP contribution is -2.04. The monoisotopic (exact) mass is 356 g/mol. The van der Waals surface area contributed by atoms with E-state index in [9.17, 15) is 4.79 Å². The van der Waals surface area contributed by atoms with Gasteiger partial charge in [-0.15, -0.1) is 10.2 Å². The van der Waals surface area contributed by atoms with Gasteiger partial charge in [-0.3, -0.25) is 4.79 Å². The predicted molar refractivity (Wildman–Crippen MR) is 94.9 cm³/mol. The van der Waals surface area contributed by atoms with Crippen LogP contribution in [0.1, 0.15) is 35.2 Å². The van der Waals surface area contributed by atoms with Crippen LogP contribution in [0.5, 0.6) is 5.75 Å². The summed E-state index contributed by atoms with van der Waals surface area (Å²) in [6, 6.07) is 12.6. The van der Waals surface area contributed by atoms with Gasteiger partial charge < -0.3 is 9.15 Å². The molecule has 2 aromatic carbocycles. The first-order valence-electron chi connectivity index (χ1n) is 7.91. The Labute approximate surface area is 150 Å². The molecule has 0 N–H and O–H groups in total. The average molecular weight is 357 g/mol. The Morgan fingerprint density at radius 3 is 2.64 bits per heavy atom. The molecule has 3 rings (SSSR count). The van der Waals surface area contributed by atoms with E-state index in [1.807, 2.05) is 26.0 Å². The van der Waals surface area contributed by atoms with Crippen molar-refractivity contribution in [3.63, 3.8) is 0 Å². The van der Waals surface area contributed by atoms with Crippen LogP contribution in [0.3, 0.4) is 0 Å². The first-order valence-corrected chi connectivity index (χ1v) is 8.29. The maximum atomic E-state index is 12.1. The van der Waals surface area contributed by atoms with Gasteiger partial charge in [0.05, 0.1) is 5.56 Å². The molecule has 0 spiro atoms. The second kappa shape index (κ2) is 7.49. The molecule has 0 aliphatic carbocycles. The Morgan fingerprint density at radius 1 is 1.16 bits per heavy atom. The van der Waals surface area contributed by atoms with E-state index in [1.54, 1.807) is 30.3 Å². The van der Waals surface area contributed by atoms with E-state index in [4.69, 9.17) is 20.8 Å². The number of ketones is 1. The first kappa shape index (κ1) is 17.2. The Kier molecular flexibility index (Phi) is 5.14. The zero-order valence-electron chi connectivity index (χ0n) is 14.0. The van der Waals surface area contributed by atoms with Crippen LogP contribution in [-0.4, -0.2) is 16.0 Å². The van der Waals surface area contributed by atoms with Crippen molar-refractivity contribution in [2.45, 2.75) is 26.9 Å². The Bertz CT molecular complexity index is 888. The number of nitrogens with zero attached hydrogens (tertiary/aromatic N) is 2. The molecular weight excluding hydrogens is 340 g/mol. The zero-order valence-corrected chi connectivity index (χ0v) is 14.7. The van der Waals surface area contributed by atoms with Gasteiger partial charge in [0.1, 0.15) is 5.75 Å². The van der Waals surface area contributed by atoms with Crippen molar-refractivity contribution in [3.05, 3.63) is 64.5 Å². The van der Waals surface area contributed by atoms with Gasteiger partial charge in [-0.25, -0.2) is 0 Å². The van der Waals surface area contributed by atoms with Gasteiger partial charge >= 0.3 is 0 Å². The van der Waals surface area contributed by atoms with Crippen LogP contribution < -0.4 is 4.74 Å². The molecule has 3 aromatic rings. The quantitative estimate of drug-likeness (QED) is 0.589. The van der Waals surface area contributed by atoms with Crippen molar-refractivity contribution >= 4 is 17.4 Å². The van der Waals surface area contributed by atoms with Crippen LogP contribution in [0.2, 0.25) is 5.02 Å². The van der Waals surface area contributed by atoms with E-state index in [-0.39, 0.29) is 12.4 Å². The van der Waals surface area contributed by atoms with Crippen molar-refractivity contribution in [2.24, 2.45) is 0 Å². The number of hydrogen-bond acceptors (Lipinski definition) is 5. The minimum atomic E-state index is 0.0334. The molecule has 128 valence electrons. The lowest BCUT2D eigenvalue weighted by molar-refractivity contribution is 0.0983. The van der Waals surface area contributed by atoms with Gasteiger partial charge in [0.2, 0.25) is 5.89 Å². The molecule has 0 aliphatic heterocycles. The average Bonchev–Trinajstić information content (AvgIpc) is 3.09. The molecule has 0 aliphatic rings. The summed E-state index contributed by atoms with van der Waals surface area (Å²) in [5, 5.41) is 8.63. The van der Waals surface area contributed by atoms with E-state index >= 15 is 0 Å². The number of aryl methyl sites for hydroxylation is 1. The molecule has 0 saturated carbocycles. The van der Waals surface area contributed by atoms with E-state index < -0.39 is 0 Å². The summed E-state index contributed by atoms with van der Waals surface area (Å²) in [7, 11) is 0. The fraction of sp³-hybridized carbons (Fsp3) is 0.211. The summed E-state index contributed by atoms with van der Waals surface area (Å²) in [6.45, 7) is 3.85. The SMILES string of the molecule is CCC(=O)c1cc(C)ccc1OCc1nnc(-c2ccc(Cl)cc2)o1. The topological polar surface area (TPSA) is 65.2 Å². The highest BCUT2D eigenvalue weighted by Crippen LogP contribution is 2.24. The fourth-order valence-electron chi connectivity index (χ4n) is 2.34. The maximum Gasteiger partial charge on any atom is 0.254 e. The van der Waals surface area contributed by atoms with Crippen LogP contribution in [0, 0.1) is 6.92 Å². The maximum absolute atomic E-state index is 12.1. The smallest absolute Gasteiger partial charge is 0.254 e. The van der Waals surface area contributed by atoms with Gasteiger partial charge in [-0.1, -0.05) is 30.2 Å². The van der Waals surface area contributed by atoms with Crippen LogP contribution >= 0.6 is 11.6 Å². The van der Waals surface area contributed by atoms with E-state index in [1.165, 1.54) is 0 Å². The van der Waals surface area contributed by atoms with E-state index in [2.05, 4.69) is 10.2 Å². The highest BCUT2D eigenvalue weighted by Gasteiger charge is 2.14. The molecular formula is C19H17ClN2O3. The number of hydrogen-bond donors (Lipinski definition) is 0. The largest absolute Gasteiger partial charge is 0.483 e. The lowest BCUT2D eigenvalue weighted by Gasteiger charge is -2.09. The first-order chi connectivity index (χ1) is 12.1. The van der Waals surface area contributed by atoms with Crippen molar-refractivity contribution in [1.29, 1.82) is 0 Å². The molecule has 6 heteroatoms. The normalized spacial score (nSPS) is 10.7. The zero-order chi connectivity index (χ0) is 17.8. The molecule has 0 atom stereocenters. The molecule has 0 fully saturated rings. The third kappa shape index (κ3) is 4.06. The van der Waals surface area contributed by atoms with E-state index in [0.29, 0.717) is 34.5 Å². The summed E-state index contributed by atoms with van der Waals surface area (Å²) < 4.78 is 11.3. The number of halogens is 1. The Hall–Kier alpha value is -2.66. The number of rotatable bonds is 6. The molecule has 0 unspecified atom stereocenters. The minimum Gasteiger partial charge on any atom is -0.483 e. The number of benzene rings is 2. The molecule has 5 nitrogen and oxygen atoms in total. The second-order valence-corrected chi connectivity index (χ2v) is 6.01. The summed E-state index contributed by atoms with van der Waals surface area (Å²) in [5.74, 6) is 1.28. The van der Waals surface area contributed by atoms with Crippen LogP contribution in [0.15, 0.2) is 46.9 Å². The van der Waals surface area contributed by atoms with Crippen LogP contribution in [-0.2, 0) is 6.61 Å². The van der Waals surface area contributed by atoms with Gasteiger partial charge in [0.15, 0.2) is 12.4 Å². The highest BCUT2D eigenvalue weighted by atomic mass is 35.5. The van der Waals surface area contributed by atoms with E-state index in [0.717, 1.165) is 11.1 Å². The van der Waals surface area contributed by atoms with Gasteiger partial charge in [0.25, 0.3) is 5.89 Å². The third-order valence-corrected chi connectivity index (χ3v) is 3.92. The highest BCUT2D eigenvalue weighted by molar-refractivity contribution is 6.30. The van der Waals surface area contributed by atoms with Crippen molar-refractivity contribution in [2.75, 3.05) is 0 Å². The van der Waals surface area contributed by atoms with Crippen molar-refractivity contribution in [1.82, 2.24) is 10.2 Å². The van der Waals surface area contributed by atoms with Gasteiger partial charge in [-0.2, -0.15) is 0 Å². The predicted octanol–water partition coefficient (Wildman–Crippen LogP) is 4.87. The number of ether oxygens (including phenoxy) is 1. The molecule has 25 heavy (non-hydrogen) atoms. The summed E-state index contributed by atoms with van der Waals surface area (Å²) >= 11 is 5.87.